The third kappa shape index (κ3) is 1.84. The number of rotatable bonds is 3. The van der Waals surface area contributed by atoms with Crippen molar-refractivity contribution in [2.24, 2.45) is 7.05 Å². The van der Waals surface area contributed by atoms with Gasteiger partial charge in [-0.25, -0.2) is 9.97 Å². The van der Waals surface area contributed by atoms with Gasteiger partial charge in [0.25, 0.3) is 0 Å². The summed E-state index contributed by atoms with van der Waals surface area (Å²) in [5.41, 5.74) is 3.24. The van der Waals surface area contributed by atoms with Gasteiger partial charge in [0.15, 0.2) is 0 Å². The summed E-state index contributed by atoms with van der Waals surface area (Å²) in [6.45, 7) is 2.72. The Labute approximate surface area is 105 Å². The second-order valence-electron chi connectivity index (χ2n) is 4.36. The van der Waals surface area contributed by atoms with E-state index in [4.69, 9.17) is 0 Å². The number of H-pyrrole nitrogens is 1. The summed E-state index contributed by atoms with van der Waals surface area (Å²) in [5.74, 6) is 1.76. The van der Waals surface area contributed by atoms with Crippen molar-refractivity contribution in [2.75, 3.05) is 5.32 Å². The molecule has 0 aliphatic carbocycles. The van der Waals surface area contributed by atoms with E-state index in [9.17, 15) is 0 Å². The molecule has 92 valence electrons. The van der Waals surface area contributed by atoms with Crippen LogP contribution in [0.3, 0.4) is 0 Å². The van der Waals surface area contributed by atoms with Gasteiger partial charge in [0.1, 0.15) is 5.82 Å². The van der Waals surface area contributed by atoms with Crippen LogP contribution < -0.4 is 5.32 Å². The molecule has 0 amide bonds. The Bertz CT molecular complexity index is 680. The van der Waals surface area contributed by atoms with Crippen molar-refractivity contribution in [3.05, 3.63) is 42.0 Å². The standard InChI is InChI=1S/C13H15N5/c1-9-4-3-5-10-12(9)17-13(16-10)15-8-11-14-6-7-18(11)2/h3-7H,8H2,1-2H3,(H2,15,16,17). The minimum Gasteiger partial charge on any atom is -0.349 e. The molecule has 0 radical (unpaired) electrons. The molecule has 0 unspecified atom stereocenters. The number of aromatic nitrogens is 4. The number of nitrogens with one attached hydrogen (secondary N) is 2. The Kier molecular flexibility index (Phi) is 2.51. The molecule has 3 aromatic rings. The summed E-state index contributed by atoms with van der Waals surface area (Å²) in [4.78, 5) is 12.1. The summed E-state index contributed by atoms with van der Waals surface area (Å²) in [6, 6.07) is 6.12. The summed E-state index contributed by atoms with van der Waals surface area (Å²) in [7, 11) is 1.98. The van der Waals surface area contributed by atoms with Gasteiger partial charge in [-0.2, -0.15) is 0 Å². The van der Waals surface area contributed by atoms with E-state index >= 15 is 0 Å². The second-order valence-corrected chi connectivity index (χ2v) is 4.36. The molecule has 5 nitrogen and oxygen atoms in total. The zero-order valence-corrected chi connectivity index (χ0v) is 10.4. The maximum absolute atomic E-state index is 4.54. The number of aromatic amines is 1. The first-order chi connectivity index (χ1) is 8.74. The van der Waals surface area contributed by atoms with Gasteiger partial charge in [-0.1, -0.05) is 12.1 Å². The number of nitrogens with zero attached hydrogens (tertiary/aromatic N) is 3. The first-order valence-electron chi connectivity index (χ1n) is 5.89. The number of anilines is 1. The summed E-state index contributed by atoms with van der Waals surface area (Å²) in [6.07, 6.45) is 3.72. The predicted octanol–water partition coefficient (Wildman–Crippen LogP) is 2.22. The topological polar surface area (TPSA) is 58.5 Å². The van der Waals surface area contributed by atoms with E-state index in [1.54, 1.807) is 6.20 Å². The van der Waals surface area contributed by atoms with Crippen molar-refractivity contribution in [3.63, 3.8) is 0 Å². The molecular weight excluding hydrogens is 226 g/mol. The summed E-state index contributed by atoms with van der Waals surface area (Å²) >= 11 is 0. The number of aryl methyl sites for hydroxylation is 2. The lowest BCUT2D eigenvalue weighted by Gasteiger charge is -2.02. The summed E-state index contributed by atoms with van der Waals surface area (Å²) in [5, 5.41) is 3.25. The van der Waals surface area contributed by atoms with Gasteiger partial charge in [0.05, 0.1) is 17.6 Å². The Morgan fingerprint density at radius 3 is 3.00 bits per heavy atom. The molecule has 0 aliphatic rings. The van der Waals surface area contributed by atoms with Gasteiger partial charge < -0.3 is 14.9 Å². The fraction of sp³-hybridized carbons (Fsp3) is 0.231. The van der Waals surface area contributed by atoms with E-state index in [0.29, 0.717) is 6.54 Å². The van der Waals surface area contributed by atoms with Crippen molar-refractivity contribution in [1.82, 2.24) is 19.5 Å². The molecule has 3 rings (SSSR count). The van der Waals surface area contributed by atoms with Crippen LogP contribution in [-0.4, -0.2) is 19.5 Å². The normalized spacial score (nSPS) is 11.0. The molecule has 5 heteroatoms. The number of para-hydroxylation sites is 1. The second kappa shape index (κ2) is 4.18. The third-order valence-corrected chi connectivity index (χ3v) is 3.05. The van der Waals surface area contributed by atoms with Crippen LogP contribution in [0, 0.1) is 6.92 Å². The predicted molar refractivity (Wildman–Crippen MR) is 71.4 cm³/mol. The quantitative estimate of drug-likeness (QED) is 0.739. The highest BCUT2D eigenvalue weighted by Gasteiger charge is 2.05. The minimum absolute atomic E-state index is 0.655. The fourth-order valence-electron chi connectivity index (χ4n) is 1.99. The number of hydrogen-bond donors (Lipinski definition) is 2. The maximum atomic E-state index is 4.54. The molecule has 0 bridgehead atoms. The van der Waals surface area contributed by atoms with E-state index in [1.807, 2.05) is 29.9 Å². The summed E-state index contributed by atoms with van der Waals surface area (Å²) < 4.78 is 1.99. The molecule has 18 heavy (non-hydrogen) atoms. The average Bonchev–Trinajstić information content (AvgIpc) is 2.93. The molecule has 0 saturated carbocycles. The van der Waals surface area contributed by atoms with Crippen molar-refractivity contribution in [1.29, 1.82) is 0 Å². The molecule has 2 N–H and O–H groups in total. The van der Waals surface area contributed by atoms with Crippen LogP contribution in [0.1, 0.15) is 11.4 Å². The highest BCUT2D eigenvalue weighted by molar-refractivity contribution is 5.80. The zero-order valence-electron chi connectivity index (χ0n) is 10.4. The molecule has 0 atom stereocenters. The van der Waals surface area contributed by atoms with Gasteiger partial charge in [-0.15, -0.1) is 0 Å². The highest BCUT2D eigenvalue weighted by atomic mass is 15.1. The molecule has 0 aliphatic heterocycles. The number of imidazole rings is 2. The van der Waals surface area contributed by atoms with Crippen molar-refractivity contribution >= 4 is 17.0 Å². The average molecular weight is 241 g/mol. The minimum atomic E-state index is 0.655. The molecule has 0 saturated heterocycles. The molecule has 2 heterocycles. The van der Waals surface area contributed by atoms with E-state index in [-0.39, 0.29) is 0 Å². The molecular formula is C13H15N5. The molecule has 2 aromatic heterocycles. The Hall–Kier alpha value is -2.30. The van der Waals surface area contributed by atoms with Gasteiger partial charge >= 0.3 is 0 Å². The van der Waals surface area contributed by atoms with Crippen molar-refractivity contribution in [3.8, 4) is 0 Å². The van der Waals surface area contributed by atoms with E-state index < -0.39 is 0 Å². The van der Waals surface area contributed by atoms with Crippen LogP contribution in [0.2, 0.25) is 0 Å². The van der Waals surface area contributed by atoms with Gasteiger partial charge in [0, 0.05) is 19.4 Å². The fourth-order valence-corrected chi connectivity index (χ4v) is 1.99. The smallest absolute Gasteiger partial charge is 0.201 e. The monoisotopic (exact) mass is 241 g/mol. The number of fused-ring (bicyclic) bond motifs is 1. The molecule has 1 aromatic carbocycles. The Morgan fingerprint density at radius 1 is 1.39 bits per heavy atom. The van der Waals surface area contributed by atoms with Gasteiger partial charge in [0.2, 0.25) is 5.95 Å². The lowest BCUT2D eigenvalue weighted by atomic mass is 10.2. The van der Waals surface area contributed by atoms with Crippen molar-refractivity contribution in [2.45, 2.75) is 13.5 Å². The van der Waals surface area contributed by atoms with Crippen LogP contribution in [-0.2, 0) is 13.6 Å². The van der Waals surface area contributed by atoms with Crippen LogP contribution >= 0.6 is 0 Å². The lowest BCUT2D eigenvalue weighted by Crippen LogP contribution is -2.06. The first-order valence-corrected chi connectivity index (χ1v) is 5.89. The Morgan fingerprint density at radius 2 is 2.28 bits per heavy atom. The van der Waals surface area contributed by atoms with Gasteiger partial charge in [-0.05, 0) is 18.6 Å². The van der Waals surface area contributed by atoms with Gasteiger partial charge in [-0.3, -0.25) is 0 Å². The first kappa shape index (κ1) is 10.8. The largest absolute Gasteiger partial charge is 0.349 e. The van der Waals surface area contributed by atoms with E-state index in [1.165, 1.54) is 5.56 Å². The number of benzene rings is 1. The van der Waals surface area contributed by atoms with E-state index in [0.717, 1.165) is 22.8 Å². The Balaban J connectivity index is 1.83. The molecule has 0 fully saturated rings. The zero-order chi connectivity index (χ0) is 12.5. The molecule has 0 spiro atoms. The van der Waals surface area contributed by atoms with Crippen molar-refractivity contribution < 1.29 is 0 Å². The lowest BCUT2D eigenvalue weighted by molar-refractivity contribution is 0.809. The van der Waals surface area contributed by atoms with Crippen LogP contribution in [0.15, 0.2) is 30.6 Å². The van der Waals surface area contributed by atoms with E-state index in [2.05, 4.69) is 33.3 Å². The van der Waals surface area contributed by atoms with Crippen LogP contribution in [0.25, 0.3) is 11.0 Å². The SMILES string of the molecule is Cc1cccc2[nH]c(NCc3nccn3C)nc12. The highest BCUT2D eigenvalue weighted by Crippen LogP contribution is 2.17. The third-order valence-electron chi connectivity index (χ3n) is 3.05. The van der Waals surface area contributed by atoms with Crippen LogP contribution in [0.4, 0.5) is 5.95 Å². The maximum Gasteiger partial charge on any atom is 0.201 e. The van der Waals surface area contributed by atoms with Crippen LogP contribution in [0.5, 0.6) is 0 Å². The number of hydrogen-bond acceptors (Lipinski definition) is 3.